The molecule has 136 valence electrons. The van der Waals surface area contributed by atoms with Gasteiger partial charge in [-0.25, -0.2) is 4.79 Å². The molecule has 0 heterocycles. The Bertz CT molecular complexity index is 633. The van der Waals surface area contributed by atoms with Crippen LogP contribution in [0.3, 0.4) is 0 Å². The SMILES string of the molecule is COC(=O)C1(C2CCCCC2)CCCC1OC(=O)c1ccccc1C. The minimum atomic E-state index is -0.659. The molecule has 25 heavy (non-hydrogen) atoms. The van der Waals surface area contributed by atoms with Gasteiger partial charge in [0.15, 0.2) is 0 Å². The first-order valence-electron chi connectivity index (χ1n) is 9.44. The molecule has 0 aromatic heterocycles. The van der Waals surface area contributed by atoms with Crippen molar-refractivity contribution in [1.29, 1.82) is 0 Å². The van der Waals surface area contributed by atoms with E-state index in [0.29, 0.717) is 5.56 Å². The lowest BCUT2D eigenvalue weighted by molar-refractivity contribution is -0.165. The van der Waals surface area contributed by atoms with E-state index in [0.717, 1.165) is 50.5 Å². The Hall–Kier alpha value is -1.84. The predicted octanol–water partition coefficient (Wildman–Crippen LogP) is 4.44. The lowest BCUT2D eigenvalue weighted by Gasteiger charge is -2.41. The number of carbonyl (C=O) groups excluding carboxylic acids is 2. The summed E-state index contributed by atoms with van der Waals surface area (Å²) in [5.74, 6) is -0.264. The van der Waals surface area contributed by atoms with Crippen LogP contribution >= 0.6 is 0 Å². The highest BCUT2D eigenvalue weighted by molar-refractivity contribution is 5.91. The predicted molar refractivity (Wildman–Crippen MR) is 95.3 cm³/mol. The Morgan fingerprint density at radius 1 is 1.04 bits per heavy atom. The zero-order chi connectivity index (χ0) is 17.9. The fourth-order valence-electron chi connectivity index (χ4n) is 4.83. The van der Waals surface area contributed by atoms with Crippen molar-refractivity contribution in [3.63, 3.8) is 0 Å². The number of hydrogen-bond donors (Lipinski definition) is 0. The second-order valence-electron chi connectivity index (χ2n) is 7.47. The van der Waals surface area contributed by atoms with E-state index in [1.807, 2.05) is 25.1 Å². The first-order valence-corrected chi connectivity index (χ1v) is 9.44. The normalized spacial score (nSPS) is 27.0. The average Bonchev–Trinajstić information content (AvgIpc) is 3.06. The molecular weight excluding hydrogens is 316 g/mol. The summed E-state index contributed by atoms with van der Waals surface area (Å²) < 4.78 is 11.1. The standard InChI is InChI=1S/C21H28O4/c1-15-9-6-7-12-17(15)19(22)25-18-13-8-14-21(18,20(23)24-2)16-10-4-3-5-11-16/h6-7,9,12,16,18H,3-5,8,10-11,13-14H2,1-2H3. The Balaban J connectivity index is 1.86. The number of rotatable bonds is 4. The van der Waals surface area contributed by atoms with Crippen molar-refractivity contribution < 1.29 is 19.1 Å². The van der Waals surface area contributed by atoms with Gasteiger partial charge in [0, 0.05) is 0 Å². The van der Waals surface area contributed by atoms with E-state index in [-0.39, 0.29) is 24.0 Å². The van der Waals surface area contributed by atoms with Crippen molar-refractivity contribution in [3.8, 4) is 0 Å². The third-order valence-electron chi connectivity index (χ3n) is 6.14. The minimum absolute atomic E-state index is 0.195. The maximum atomic E-state index is 12.8. The van der Waals surface area contributed by atoms with Crippen LogP contribution in [0, 0.1) is 18.3 Å². The Labute approximate surface area is 149 Å². The van der Waals surface area contributed by atoms with Gasteiger partial charge < -0.3 is 9.47 Å². The smallest absolute Gasteiger partial charge is 0.338 e. The van der Waals surface area contributed by atoms with Crippen LogP contribution in [0.15, 0.2) is 24.3 Å². The molecule has 0 aliphatic heterocycles. The molecule has 2 saturated carbocycles. The summed E-state index contributed by atoms with van der Waals surface area (Å²) in [7, 11) is 1.45. The molecule has 4 nitrogen and oxygen atoms in total. The second kappa shape index (κ2) is 7.59. The van der Waals surface area contributed by atoms with Gasteiger partial charge in [-0.3, -0.25) is 4.79 Å². The molecule has 0 spiro atoms. The van der Waals surface area contributed by atoms with E-state index >= 15 is 0 Å². The minimum Gasteiger partial charge on any atom is -0.468 e. The van der Waals surface area contributed by atoms with Crippen molar-refractivity contribution in [2.75, 3.05) is 7.11 Å². The first kappa shape index (κ1) is 18.0. The third-order valence-corrected chi connectivity index (χ3v) is 6.14. The topological polar surface area (TPSA) is 52.6 Å². The van der Waals surface area contributed by atoms with Gasteiger partial charge in [0.05, 0.1) is 12.7 Å². The zero-order valence-corrected chi connectivity index (χ0v) is 15.3. The summed E-state index contributed by atoms with van der Waals surface area (Å²) in [4.78, 5) is 25.5. The highest BCUT2D eigenvalue weighted by atomic mass is 16.6. The number of benzene rings is 1. The summed E-state index contributed by atoms with van der Waals surface area (Å²) in [5.41, 5.74) is 0.816. The molecule has 0 saturated heterocycles. The maximum Gasteiger partial charge on any atom is 0.338 e. The molecule has 0 N–H and O–H groups in total. The maximum absolute atomic E-state index is 12.8. The molecule has 3 rings (SSSR count). The van der Waals surface area contributed by atoms with E-state index < -0.39 is 5.41 Å². The fraction of sp³-hybridized carbons (Fsp3) is 0.619. The lowest BCUT2D eigenvalue weighted by atomic mass is 9.66. The van der Waals surface area contributed by atoms with Gasteiger partial charge in [0.25, 0.3) is 0 Å². The highest BCUT2D eigenvalue weighted by Gasteiger charge is 2.56. The fourth-order valence-corrected chi connectivity index (χ4v) is 4.83. The van der Waals surface area contributed by atoms with Crippen LogP contribution in [0.1, 0.15) is 67.3 Å². The molecule has 0 amide bonds. The summed E-state index contributed by atoms with van der Waals surface area (Å²) in [6, 6.07) is 7.43. The number of esters is 2. The number of hydrogen-bond acceptors (Lipinski definition) is 4. The highest BCUT2D eigenvalue weighted by Crippen LogP contribution is 2.52. The van der Waals surface area contributed by atoms with Crippen LogP contribution < -0.4 is 0 Å². The number of methoxy groups -OCH3 is 1. The number of carbonyl (C=O) groups is 2. The molecule has 2 unspecified atom stereocenters. The molecule has 1 aromatic rings. The van der Waals surface area contributed by atoms with Gasteiger partial charge in [-0.05, 0) is 56.6 Å². The molecule has 2 aliphatic carbocycles. The van der Waals surface area contributed by atoms with Crippen molar-refractivity contribution >= 4 is 11.9 Å². The molecule has 1 aromatic carbocycles. The quantitative estimate of drug-likeness (QED) is 0.758. The van der Waals surface area contributed by atoms with Crippen molar-refractivity contribution in [3.05, 3.63) is 35.4 Å². The van der Waals surface area contributed by atoms with Gasteiger partial charge in [0.2, 0.25) is 0 Å². The molecular formula is C21H28O4. The van der Waals surface area contributed by atoms with Gasteiger partial charge in [-0.2, -0.15) is 0 Å². The van der Waals surface area contributed by atoms with Crippen LogP contribution in [0.5, 0.6) is 0 Å². The van der Waals surface area contributed by atoms with Gasteiger partial charge in [0.1, 0.15) is 11.5 Å². The van der Waals surface area contributed by atoms with E-state index in [1.54, 1.807) is 6.07 Å². The van der Waals surface area contributed by atoms with E-state index in [1.165, 1.54) is 13.5 Å². The molecule has 0 radical (unpaired) electrons. The van der Waals surface area contributed by atoms with E-state index in [9.17, 15) is 9.59 Å². The van der Waals surface area contributed by atoms with Crippen molar-refractivity contribution in [1.82, 2.24) is 0 Å². The summed E-state index contributed by atoms with van der Waals surface area (Å²) in [6.45, 7) is 1.90. The zero-order valence-electron chi connectivity index (χ0n) is 15.3. The molecule has 2 aliphatic rings. The van der Waals surface area contributed by atoms with Crippen LogP contribution in [0.2, 0.25) is 0 Å². The van der Waals surface area contributed by atoms with E-state index in [4.69, 9.17) is 9.47 Å². The van der Waals surface area contributed by atoms with Crippen LogP contribution in [0.4, 0.5) is 0 Å². The molecule has 2 atom stereocenters. The van der Waals surface area contributed by atoms with Gasteiger partial charge >= 0.3 is 11.9 Å². The molecule has 4 heteroatoms. The Kier molecular flexibility index (Phi) is 5.45. The van der Waals surface area contributed by atoms with Crippen molar-refractivity contribution in [2.24, 2.45) is 11.3 Å². The third kappa shape index (κ3) is 3.31. The lowest BCUT2D eigenvalue weighted by Crippen LogP contribution is -2.48. The van der Waals surface area contributed by atoms with Crippen LogP contribution in [-0.4, -0.2) is 25.2 Å². The number of aryl methyl sites for hydroxylation is 1. The number of ether oxygens (including phenoxy) is 2. The first-order chi connectivity index (χ1) is 12.1. The van der Waals surface area contributed by atoms with E-state index in [2.05, 4.69) is 0 Å². The monoisotopic (exact) mass is 344 g/mol. The van der Waals surface area contributed by atoms with Gasteiger partial charge in [-0.1, -0.05) is 37.5 Å². The Morgan fingerprint density at radius 3 is 2.44 bits per heavy atom. The average molecular weight is 344 g/mol. The van der Waals surface area contributed by atoms with Crippen LogP contribution in [-0.2, 0) is 14.3 Å². The van der Waals surface area contributed by atoms with Crippen LogP contribution in [0.25, 0.3) is 0 Å². The van der Waals surface area contributed by atoms with Crippen molar-refractivity contribution in [2.45, 2.75) is 64.4 Å². The summed E-state index contributed by atoms with van der Waals surface area (Å²) >= 11 is 0. The summed E-state index contributed by atoms with van der Waals surface area (Å²) in [5, 5.41) is 0. The molecule has 2 fully saturated rings. The van der Waals surface area contributed by atoms with Gasteiger partial charge in [-0.15, -0.1) is 0 Å². The molecule has 0 bridgehead atoms. The largest absolute Gasteiger partial charge is 0.468 e. The summed E-state index contributed by atoms with van der Waals surface area (Å²) in [6.07, 6.45) is 7.57. The Morgan fingerprint density at radius 2 is 1.76 bits per heavy atom. The second-order valence-corrected chi connectivity index (χ2v) is 7.47.